The first kappa shape index (κ1) is 9.62. The van der Waals surface area contributed by atoms with Gasteiger partial charge in [-0.15, -0.1) is 0 Å². The van der Waals surface area contributed by atoms with Crippen molar-refractivity contribution < 1.29 is 9.47 Å². The molecular weight excluding hydrogens is 190 g/mol. The van der Waals surface area contributed by atoms with E-state index in [0.717, 1.165) is 13.2 Å². The van der Waals surface area contributed by atoms with E-state index < -0.39 is 0 Å². The Morgan fingerprint density at radius 2 is 1.60 bits per heavy atom. The van der Waals surface area contributed by atoms with Crippen molar-refractivity contribution in [2.75, 3.05) is 26.4 Å². The summed E-state index contributed by atoms with van der Waals surface area (Å²) in [7, 11) is 0. The Morgan fingerprint density at radius 1 is 1.00 bits per heavy atom. The molecule has 0 radical (unpaired) electrons. The average molecular weight is 207 g/mol. The lowest BCUT2D eigenvalue weighted by atomic mass is 9.55. The number of rotatable bonds is 2. The molecule has 0 amide bonds. The largest absolute Gasteiger partial charge is 0.380 e. The SMILES string of the molecule is N#CC1(C2(C3CCCC3)COC2)COC1. The molecule has 0 atom stereocenters. The lowest BCUT2D eigenvalue weighted by Gasteiger charge is -2.58. The molecule has 0 bridgehead atoms. The number of hydrogen-bond acceptors (Lipinski definition) is 3. The summed E-state index contributed by atoms with van der Waals surface area (Å²) in [5.74, 6) is 0.704. The second-order valence-electron chi connectivity index (χ2n) is 5.32. The number of nitriles is 1. The Labute approximate surface area is 90.4 Å². The Balaban J connectivity index is 1.88. The van der Waals surface area contributed by atoms with E-state index in [4.69, 9.17) is 9.47 Å². The third kappa shape index (κ3) is 1.07. The van der Waals surface area contributed by atoms with Crippen LogP contribution in [0.5, 0.6) is 0 Å². The van der Waals surface area contributed by atoms with Crippen molar-refractivity contribution in [3.8, 4) is 6.07 Å². The second kappa shape index (κ2) is 3.20. The van der Waals surface area contributed by atoms with Gasteiger partial charge < -0.3 is 9.47 Å². The first-order chi connectivity index (χ1) is 7.33. The zero-order chi connectivity index (χ0) is 10.4. The summed E-state index contributed by atoms with van der Waals surface area (Å²) in [4.78, 5) is 0. The molecule has 0 aromatic carbocycles. The van der Waals surface area contributed by atoms with E-state index in [1.54, 1.807) is 0 Å². The van der Waals surface area contributed by atoms with E-state index in [1.807, 2.05) is 0 Å². The Hall–Kier alpha value is -0.590. The Morgan fingerprint density at radius 3 is 1.93 bits per heavy atom. The van der Waals surface area contributed by atoms with Gasteiger partial charge in [-0.05, 0) is 18.8 Å². The maximum atomic E-state index is 9.41. The molecule has 3 nitrogen and oxygen atoms in total. The summed E-state index contributed by atoms with van der Waals surface area (Å²) in [5, 5.41) is 9.41. The van der Waals surface area contributed by atoms with Gasteiger partial charge in [0.1, 0.15) is 5.41 Å². The van der Waals surface area contributed by atoms with Crippen LogP contribution in [-0.2, 0) is 9.47 Å². The lowest BCUT2D eigenvalue weighted by molar-refractivity contribution is -0.264. The third-order valence-corrected chi connectivity index (χ3v) is 4.72. The maximum absolute atomic E-state index is 9.41. The van der Waals surface area contributed by atoms with E-state index in [1.165, 1.54) is 25.7 Å². The number of ether oxygens (including phenoxy) is 2. The molecule has 3 rings (SSSR count). The van der Waals surface area contributed by atoms with Crippen LogP contribution in [0.2, 0.25) is 0 Å². The predicted octanol–water partition coefficient (Wildman–Crippen LogP) is 1.73. The van der Waals surface area contributed by atoms with Gasteiger partial charge in [0.2, 0.25) is 0 Å². The van der Waals surface area contributed by atoms with Crippen molar-refractivity contribution in [3.05, 3.63) is 0 Å². The molecule has 0 unspecified atom stereocenters. The van der Waals surface area contributed by atoms with Gasteiger partial charge >= 0.3 is 0 Å². The van der Waals surface area contributed by atoms with Gasteiger partial charge in [-0.3, -0.25) is 0 Å². The fraction of sp³-hybridized carbons (Fsp3) is 0.917. The Kier molecular flexibility index (Phi) is 2.05. The molecule has 15 heavy (non-hydrogen) atoms. The molecule has 3 fully saturated rings. The highest BCUT2D eigenvalue weighted by Crippen LogP contribution is 2.58. The molecule has 0 spiro atoms. The lowest BCUT2D eigenvalue weighted by Crippen LogP contribution is -2.66. The summed E-state index contributed by atoms with van der Waals surface area (Å²) in [6.45, 7) is 2.83. The van der Waals surface area contributed by atoms with Crippen LogP contribution in [0.3, 0.4) is 0 Å². The number of nitrogens with zero attached hydrogens (tertiary/aromatic N) is 1. The van der Waals surface area contributed by atoms with E-state index in [0.29, 0.717) is 19.1 Å². The van der Waals surface area contributed by atoms with Crippen molar-refractivity contribution in [3.63, 3.8) is 0 Å². The molecule has 2 aliphatic heterocycles. The van der Waals surface area contributed by atoms with E-state index >= 15 is 0 Å². The minimum atomic E-state index is -0.222. The first-order valence-electron chi connectivity index (χ1n) is 5.90. The summed E-state index contributed by atoms with van der Waals surface area (Å²) in [5.41, 5.74) is -0.0866. The molecule has 3 heteroatoms. The number of hydrogen-bond donors (Lipinski definition) is 0. The van der Waals surface area contributed by atoms with Gasteiger partial charge in [0, 0.05) is 5.41 Å². The highest BCUT2D eigenvalue weighted by atomic mass is 16.5. The Bertz CT molecular complexity index is 293. The highest BCUT2D eigenvalue weighted by Gasteiger charge is 2.64. The summed E-state index contributed by atoms with van der Waals surface area (Å²) >= 11 is 0. The van der Waals surface area contributed by atoms with Crippen LogP contribution >= 0.6 is 0 Å². The third-order valence-electron chi connectivity index (χ3n) is 4.72. The van der Waals surface area contributed by atoms with Crippen molar-refractivity contribution in [2.45, 2.75) is 25.7 Å². The summed E-state index contributed by atoms with van der Waals surface area (Å²) in [6.07, 6.45) is 5.23. The molecule has 3 aliphatic rings. The van der Waals surface area contributed by atoms with Crippen LogP contribution < -0.4 is 0 Å². The van der Waals surface area contributed by atoms with Gasteiger partial charge in [-0.25, -0.2) is 0 Å². The normalized spacial score (nSPS) is 32.7. The van der Waals surface area contributed by atoms with Crippen LogP contribution in [0.4, 0.5) is 0 Å². The first-order valence-corrected chi connectivity index (χ1v) is 5.90. The standard InChI is InChI=1S/C12H17NO2/c13-5-11(6-14-7-11)12(8-15-9-12)10-3-1-2-4-10/h10H,1-4,6-9H2. The van der Waals surface area contributed by atoms with Gasteiger partial charge in [0.15, 0.2) is 0 Å². The topological polar surface area (TPSA) is 42.2 Å². The summed E-state index contributed by atoms with van der Waals surface area (Å²) < 4.78 is 10.7. The molecule has 1 aliphatic carbocycles. The predicted molar refractivity (Wildman–Crippen MR) is 54.1 cm³/mol. The molecule has 0 aromatic heterocycles. The van der Waals surface area contributed by atoms with Crippen LogP contribution in [0.25, 0.3) is 0 Å². The molecular formula is C12H17NO2. The molecule has 0 aromatic rings. The molecule has 2 heterocycles. The van der Waals surface area contributed by atoms with Crippen molar-refractivity contribution in [1.29, 1.82) is 5.26 Å². The summed E-state index contributed by atoms with van der Waals surface area (Å²) in [6, 6.07) is 2.53. The zero-order valence-corrected chi connectivity index (χ0v) is 9.00. The van der Waals surface area contributed by atoms with E-state index in [9.17, 15) is 5.26 Å². The molecule has 82 valence electrons. The fourth-order valence-electron chi connectivity index (χ4n) is 3.47. The van der Waals surface area contributed by atoms with Gasteiger partial charge in [-0.1, -0.05) is 12.8 Å². The minimum absolute atomic E-state index is 0.135. The molecule has 1 saturated carbocycles. The van der Waals surface area contributed by atoms with Crippen LogP contribution in [-0.4, -0.2) is 26.4 Å². The van der Waals surface area contributed by atoms with E-state index in [-0.39, 0.29) is 10.8 Å². The molecule has 2 saturated heterocycles. The zero-order valence-electron chi connectivity index (χ0n) is 9.00. The van der Waals surface area contributed by atoms with Gasteiger partial charge in [0.05, 0.1) is 32.5 Å². The van der Waals surface area contributed by atoms with Crippen molar-refractivity contribution >= 4 is 0 Å². The monoisotopic (exact) mass is 207 g/mol. The average Bonchev–Trinajstić information content (AvgIpc) is 2.60. The van der Waals surface area contributed by atoms with Crippen molar-refractivity contribution in [2.24, 2.45) is 16.7 Å². The molecule has 0 N–H and O–H groups in total. The van der Waals surface area contributed by atoms with Crippen LogP contribution in [0.1, 0.15) is 25.7 Å². The minimum Gasteiger partial charge on any atom is -0.380 e. The van der Waals surface area contributed by atoms with Crippen LogP contribution in [0.15, 0.2) is 0 Å². The smallest absolute Gasteiger partial charge is 0.114 e. The highest BCUT2D eigenvalue weighted by molar-refractivity contribution is 5.18. The van der Waals surface area contributed by atoms with Crippen molar-refractivity contribution in [1.82, 2.24) is 0 Å². The van der Waals surface area contributed by atoms with Crippen LogP contribution in [0, 0.1) is 28.1 Å². The van der Waals surface area contributed by atoms with E-state index in [2.05, 4.69) is 6.07 Å². The van der Waals surface area contributed by atoms with Gasteiger partial charge in [0.25, 0.3) is 0 Å². The quantitative estimate of drug-likeness (QED) is 0.692. The fourth-order valence-corrected chi connectivity index (χ4v) is 3.47. The van der Waals surface area contributed by atoms with Gasteiger partial charge in [-0.2, -0.15) is 5.26 Å². The second-order valence-corrected chi connectivity index (χ2v) is 5.32. The maximum Gasteiger partial charge on any atom is 0.114 e.